The summed E-state index contributed by atoms with van der Waals surface area (Å²) >= 11 is 0. The highest BCUT2D eigenvalue weighted by Crippen LogP contribution is 2.40. The molecule has 2 aromatic heterocycles. The molecule has 0 aliphatic rings. The highest BCUT2D eigenvalue weighted by molar-refractivity contribution is 6.13. The van der Waals surface area contributed by atoms with Gasteiger partial charge in [0.1, 0.15) is 0 Å². The number of aryl methyl sites for hydroxylation is 6. The van der Waals surface area contributed by atoms with Crippen molar-refractivity contribution in [3.05, 3.63) is 191 Å². The zero-order valence-corrected chi connectivity index (χ0v) is 32.9. The Labute approximate surface area is 328 Å². The second-order valence-corrected chi connectivity index (χ2v) is 15.7. The number of benzene rings is 8. The number of rotatable bonds is 5. The van der Waals surface area contributed by atoms with E-state index in [1.165, 1.54) is 122 Å². The van der Waals surface area contributed by atoms with Crippen LogP contribution in [0.1, 0.15) is 33.4 Å². The molecule has 0 radical (unpaired) electrons. The van der Waals surface area contributed by atoms with Crippen molar-refractivity contribution < 1.29 is 0 Å². The number of hydrogen-bond donors (Lipinski definition) is 0. The molecule has 0 saturated heterocycles. The van der Waals surface area contributed by atoms with Gasteiger partial charge in [0, 0.05) is 32.9 Å². The standard InChI is InChI=1S/C54H44N2/c1-33-13-7-9-17-43(33)39-21-25-47-51(31-39)55(49-19-11-15-35(3)53(47)49)41-23-27-45(37(5)29-41)46-28-24-42(30-38(46)6)56-50-20-12-16-36(4)54(50)48-26-22-40(32-52(48)56)44-18-10-8-14-34(44)2/h7-32H,1-6H3. The minimum atomic E-state index is 1.18. The highest BCUT2D eigenvalue weighted by Gasteiger charge is 2.19. The predicted octanol–water partition coefficient (Wildman–Crippen LogP) is 14.7. The molecule has 0 saturated carbocycles. The molecule has 2 heteroatoms. The van der Waals surface area contributed by atoms with Crippen LogP contribution < -0.4 is 0 Å². The molecule has 2 heterocycles. The molecule has 0 aliphatic carbocycles. The van der Waals surface area contributed by atoms with E-state index in [4.69, 9.17) is 0 Å². The van der Waals surface area contributed by atoms with Gasteiger partial charge in [0.25, 0.3) is 0 Å². The van der Waals surface area contributed by atoms with E-state index >= 15 is 0 Å². The third kappa shape index (κ3) is 5.24. The van der Waals surface area contributed by atoms with Crippen LogP contribution in [-0.4, -0.2) is 9.13 Å². The monoisotopic (exact) mass is 720 g/mol. The van der Waals surface area contributed by atoms with Crippen molar-refractivity contribution >= 4 is 43.6 Å². The molecule has 10 rings (SSSR count). The first-order chi connectivity index (χ1) is 27.3. The van der Waals surface area contributed by atoms with Gasteiger partial charge < -0.3 is 9.13 Å². The smallest absolute Gasteiger partial charge is 0.0547 e. The Morgan fingerprint density at radius 3 is 1.11 bits per heavy atom. The van der Waals surface area contributed by atoms with E-state index < -0.39 is 0 Å². The molecule has 0 amide bonds. The van der Waals surface area contributed by atoms with Crippen LogP contribution in [0.4, 0.5) is 0 Å². The molecule has 0 fully saturated rings. The van der Waals surface area contributed by atoms with Crippen LogP contribution in [0.25, 0.3) is 88.4 Å². The van der Waals surface area contributed by atoms with Crippen molar-refractivity contribution in [1.82, 2.24) is 9.13 Å². The summed E-state index contributed by atoms with van der Waals surface area (Å²) in [6.07, 6.45) is 0. The van der Waals surface area contributed by atoms with Gasteiger partial charge in [0.15, 0.2) is 0 Å². The summed E-state index contributed by atoms with van der Waals surface area (Å²) in [5, 5.41) is 5.21. The van der Waals surface area contributed by atoms with E-state index in [9.17, 15) is 0 Å². The Kier molecular flexibility index (Phi) is 7.87. The number of aromatic nitrogens is 2. The maximum atomic E-state index is 2.46. The van der Waals surface area contributed by atoms with Crippen LogP contribution in [0.3, 0.4) is 0 Å². The van der Waals surface area contributed by atoms with Crippen molar-refractivity contribution in [2.45, 2.75) is 41.5 Å². The van der Waals surface area contributed by atoms with Crippen molar-refractivity contribution in [3.8, 4) is 44.8 Å². The normalized spacial score (nSPS) is 11.8. The summed E-state index contributed by atoms with van der Waals surface area (Å²) in [7, 11) is 0. The summed E-state index contributed by atoms with van der Waals surface area (Å²) in [4.78, 5) is 0. The lowest BCUT2D eigenvalue weighted by atomic mass is 9.95. The lowest BCUT2D eigenvalue weighted by molar-refractivity contribution is 1.16. The Morgan fingerprint density at radius 1 is 0.286 bits per heavy atom. The average molecular weight is 721 g/mol. The summed E-state index contributed by atoms with van der Waals surface area (Å²) in [6.45, 7) is 13.4. The van der Waals surface area contributed by atoms with E-state index in [1.807, 2.05) is 0 Å². The first-order valence-corrected chi connectivity index (χ1v) is 19.7. The third-order valence-corrected chi connectivity index (χ3v) is 12.1. The fourth-order valence-corrected chi connectivity index (χ4v) is 9.36. The minimum absolute atomic E-state index is 1.18. The molecule has 0 unspecified atom stereocenters. The van der Waals surface area contributed by atoms with E-state index in [0.29, 0.717) is 0 Å². The second-order valence-electron chi connectivity index (χ2n) is 15.7. The van der Waals surface area contributed by atoms with Crippen molar-refractivity contribution in [2.75, 3.05) is 0 Å². The largest absolute Gasteiger partial charge is 0.309 e. The molecule has 8 aromatic carbocycles. The van der Waals surface area contributed by atoms with Gasteiger partial charge in [0.05, 0.1) is 22.1 Å². The van der Waals surface area contributed by atoms with E-state index in [-0.39, 0.29) is 0 Å². The summed E-state index contributed by atoms with van der Waals surface area (Å²) in [5.41, 5.74) is 22.5. The van der Waals surface area contributed by atoms with Gasteiger partial charge in [-0.25, -0.2) is 0 Å². The molecular weight excluding hydrogens is 677 g/mol. The second kappa shape index (κ2) is 13.0. The molecular formula is C54H44N2. The third-order valence-electron chi connectivity index (χ3n) is 12.1. The lowest BCUT2D eigenvalue weighted by Gasteiger charge is -2.16. The van der Waals surface area contributed by atoms with Gasteiger partial charge in [-0.3, -0.25) is 0 Å². The van der Waals surface area contributed by atoms with Crippen molar-refractivity contribution in [3.63, 3.8) is 0 Å². The zero-order valence-electron chi connectivity index (χ0n) is 32.9. The van der Waals surface area contributed by atoms with Crippen LogP contribution in [0.15, 0.2) is 158 Å². The van der Waals surface area contributed by atoms with Gasteiger partial charge in [-0.1, -0.05) is 109 Å². The van der Waals surface area contributed by atoms with Crippen molar-refractivity contribution in [1.29, 1.82) is 0 Å². The number of hydrogen-bond acceptors (Lipinski definition) is 0. The summed E-state index contributed by atoms with van der Waals surface area (Å²) < 4.78 is 4.92. The molecule has 0 aliphatic heterocycles. The fourth-order valence-electron chi connectivity index (χ4n) is 9.36. The van der Waals surface area contributed by atoms with Gasteiger partial charge in [-0.05, 0) is 157 Å². The quantitative estimate of drug-likeness (QED) is 0.168. The Bertz CT molecular complexity index is 2990. The molecule has 56 heavy (non-hydrogen) atoms. The average Bonchev–Trinajstić information content (AvgIpc) is 3.72. The van der Waals surface area contributed by atoms with Crippen LogP contribution in [0.2, 0.25) is 0 Å². The molecule has 0 bridgehead atoms. The Morgan fingerprint density at radius 2 is 0.696 bits per heavy atom. The van der Waals surface area contributed by atoms with E-state index in [2.05, 4.69) is 208 Å². The van der Waals surface area contributed by atoms with Crippen LogP contribution in [0.5, 0.6) is 0 Å². The van der Waals surface area contributed by atoms with Crippen LogP contribution >= 0.6 is 0 Å². The topological polar surface area (TPSA) is 9.86 Å². The molecule has 270 valence electrons. The van der Waals surface area contributed by atoms with Crippen molar-refractivity contribution in [2.24, 2.45) is 0 Å². The molecule has 0 spiro atoms. The number of fused-ring (bicyclic) bond motifs is 6. The SMILES string of the molecule is Cc1ccccc1-c1ccc2c3c(C)cccc3n(-c3ccc(-c4ccc(-n5c6cc(-c7ccccc7C)ccc6c6c(C)cccc65)cc4C)c(C)c3)c2c1. The molecule has 0 N–H and O–H groups in total. The molecule has 2 nitrogen and oxygen atoms in total. The Balaban J connectivity index is 1.10. The van der Waals surface area contributed by atoms with Crippen LogP contribution in [0, 0.1) is 41.5 Å². The van der Waals surface area contributed by atoms with Gasteiger partial charge >= 0.3 is 0 Å². The Hall–Kier alpha value is -6.64. The minimum Gasteiger partial charge on any atom is -0.309 e. The summed E-state index contributed by atoms with van der Waals surface area (Å²) in [5.74, 6) is 0. The molecule has 0 atom stereocenters. The van der Waals surface area contributed by atoms with Gasteiger partial charge in [-0.2, -0.15) is 0 Å². The van der Waals surface area contributed by atoms with Gasteiger partial charge in [0.2, 0.25) is 0 Å². The van der Waals surface area contributed by atoms with E-state index in [1.54, 1.807) is 0 Å². The lowest BCUT2D eigenvalue weighted by Crippen LogP contribution is -1.98. The number of nitrogens with zero attached hydrogens (tertiary/aromatic N) is 2. The summed E-state index contributed by atoms with van der Waals surface area (Å²) in [6, 6.07) is 58.7. The first kappa shape index (κ1) is 33.9. The van der Waals surface area contributed by atoms with Crippen LogP contribution in [-0.2, 0) is 0 Å². The molecule has 10 aromatic rings. The highest BCUT2D eigenvalue weighted by atomic mass is 15.0. The fraction of sp³-hybridized carbons (Fsp3) is 0.111. The zero-order chi connectivity index (χ0) is 38.2. The van der Waals surface area contributed by atoms with Gasteiger partial charge in [-0.15, -0.1) is 0 Å². The maximum Gasteiger partial charge on any atom is 0.0547 e. The first-order valence-electron chi connectivity index (χ1n) is 19.7. The maximum absolute atomic E-state index is 2.46. The predicted molar refractivity (Wildman–Crippen MR) is 240 cm³/mol. The van der Waals surface area contributed by atoms with E-state index in [0.717, 1.165) is 0 Å².